The second kappa shape index (κ2) is 10.2. The highest BCUT2D eigenvalue weighted by molar-refractivity contribution is 5.83. The third-order valence-electron chi connectivity index (χ3n) is 5.16. The Bertz CT molecular complexity index is 616. The minimum absolute atomic E-state index is 0.00617. The fraction of sp³-hybridized carbons (Fsp3) is 0.708. The van der Waals surface area contributed by atoms with Gasteiger partial charge in [0.15, 0.2) is 0 Å². The Morgan fingerprint density at radius 3 is 1.55 bits per heavy atom. The number of anilines is 3. The van der Waals surface area contributed by atoms with Crippen molar-refractivity contribution in [3.63, 3.8) is 0 Å². The van der Waals surface area contributed by atoms with E-state index in [2.05, 4.69) is 69.1 Å². The van der Waals surface area contributed by atoms with Gasteiger partial charge in [0.2, 0.25) is 5.91 Å². The molecule has 5 nitrogen and oxygen atoms in total. The van der Waals surface area contributed by atoms with Crippen LogP contribution in [0.15, 0.2) is 18.2 Å². The molecular formula is C24H44N4O. The molecule has 0 saturated heterocycles. The lowest BCUT2D eigenvalue weighted by molar-refractivity contribution is -0.128. The van der Waals surface area contributed by atoms with E-state index < -0.39 is 5.41 Å². The van der Waals surface area contributed by atoms with E-state index in [9.17, 15) is 4.79 Å². The van der Waals surface area contributed by atoms with Gasteiger partial charge in [0.05, 0.1) is 5.69 Å². The molecule has 0 fully saturated rings. The predicted octanol–water partition coefficient (Wildman–Crippen LogP) is 6.26. The third-order valence-corrected chi connectivity index (χ3v) is 5.16. The highest BCUT2D eigenvalue weighted by Gasteiger charge is 2.25. The van der Waals surface area contributed by atoms with E-state index in [0.29, 0.717) is 0 Å². The van der Waals surface area contributed by atoms with E-state index in [0.717, 1.165) is 49.4 Å². The van der Waals surface area contributed by atoms with Gasteiger partial charge in [-0.25, -0.2) is 0 Å². The number of benzene rings is 1. The Kier molecular flexibility index (Phi) is 8.85. The van der Waals surface area contributed by atoms with Gasteiger partial charge in [-0.3, -0.25) is 15.6 Å². The van der Waals surface area contributed by atoms with E-state index >= 15 is 0 Å². The molecular weight excluding hydrogens is 360 g/mol. The first-order valence-corrected chi connectivity index (χ1v) is 10.9. The molecule has 0 radical (unpaired) electrons. The van der Waals surface area contributed by atoms with Crippen molar-refractivity contribution in [3.05, 3.63) is 18.2 Å². The summed E-state index contributed by atoms with van der Waals surface area (Å²) in [6.45, 7) is 21.2. The lowest BCUT2D eigenvalue weighted by Crippen LogP contribution is -2.39. The quantitative estimate of drug-likeness (QED) is 0.347. The number of nitrogens with one attached hydrogen (secondary N) is 4. The highest BCUT2D eigenvalue weighted by atomic mass is 16.2. The van der Waals surface area contributed by atoms with Gasteiger partial charge in [0.1, 0.15) is 0 Å². The number of carbonyl (C=O) groups excluding carboxylic acids is 1. The largest absolute Gasteiger partial charge is 0.385 e. The van der Waals surface area contributed by atoms with E-state index in [4.69, 9.17) is 0 Å². The van der Waals surface area contributed by atoms with Crippen LogP contribution in [0.25, 0.3) is 0 Å². The molecule has 0 saturated carbocycles. The van der Waals surface area contributed by atoms with Gasteiger partial charge < -0.3 is 10.6 Å². The zero-order chi connectivity index (χ0) is 22.3. The topological polar surface area (TPSA) is 65.2 Å². The van der Waals surface area contributed by atoms with Gasteiger partial charge in [0, 0.05) is 29.9 Å². The standard InChI is InChI=1S/C24H44N4O/c1-10-24(8,9)21(29)28-27-20-16-18(25-13-11-22(2,3)4)15-19(17-20)26-14-12-23(5,6)7/h15-17,25-27H,10-14H2,1-9H3,(H,28,29). The molecule has 4 N–H and O–H groups in total. The van der Waals surface area contributed by atoms with Crippen LogP contribution in [0.3, 0.4) is 0 Å². The summed E-state index contributed by atoms with van der Waals surface area (Å²) < 4.78 is 0. The maximum atomic E-state index is 12.4. The Morgan fingerprint density at radius 2 is 1.17 bits per heavy atom. The minimum atomic E-state index is -0.399. The third kappa shape index (κ3) is 10.4. The molecule has 5 heteroatoms. The maximum absolute atomic E-state index is 12.4. The molecule has 1 aromatic carbocycles. The zero-order valence-electron chi connectivity index (χ0n) is 20.2. The smallest absolute Gasteiger partial charge is 0.243 e. The van der Waals surface area contributed by atoms with Gasteiger partial charge >= 0.3 is 0 Å². The van der Waals surface area contributed by atoms with E-state index in [-0.39, 0.29) is 16.7 Å². The summed E-state index contributed by atoms with van der Waals surface area (Å²) in [5, 5.41) is 7.05. The second-order valence-electron chi connectivity index (χ2n) is 11.1. The van der Waals surface area contributed by atoms with Crippen molar-refractivity contribution in [2.24, 2.45) is 16.2 Å². The first-order valence-electron chi connectivity index (χ1n) is 10.9. The molecule has 1 aromatic rings. The van der Waals surface area contributed by atoms with Crippen LogP contribution in [0.2, 0.25) is 0 Å². The SMILES string of the molecule is CCC(C)(C)C(=O)NNc1cc(NCCC(C)(C)C)cc(NCCC(C)(C)C)c1. The summed E-state index contributed by atoms with van der Waals surface area (Å²) in [5.74, 6) is -0.00617. The number of hydrogen-bond acceptors (Lipinski definition) is 4. The molecule has 1 rings (SSSR count). The van der Waals surface area contributed by atoms with Crippen LogP contribution < -0.4 is 21.5 Å². The Balaban J connectivity index is 2.87. The molecule has 0 bridgehead atoms. The molecule has 0 aromatic heterocycles. The average molecular weight is 405 g/mol. The summed E-state index contributed by atoms with van der Waals surface area (Å²) >= 11 is 0. The fourth-order valence-electron chi connectivity index (χ4n) is 2.53. The maximum Gasteiger partial charge on any atom is 0.243 e. The van der Waals surface area contributed by atoms with Crippen molar-refractivity contribution in [2.45, 2.75) is 81.6 Å². The number of hydrazine groups is 1. The number of rotatable bonds is 10. The van der Waals surface area contributed by atoms with Gasteiger partial charge in [-0.15, -0.1) is 0 Å². The van der Waals surface area contributed by atoms with Gasteiger partial charge in [-0.05, 0) is 48.3 Å². The highest BCUT2D eigenvalue weighted by Crippen LogP contribution is 2.26. The fourth-order valence-corrected chi connectivity index (χ4v) is 2.53. The molecule has 0 aliphatic rings. The molecule has 0 heterocycles. The van der Waals surface area contributed by atoms with Gasteiger partial charge in [-0.2, -0.15) is 0 Å². The molecule has 166 valence electrons. The molecule has 29 heavy (non-hydrogen) atoms. The first-order chi connectivity index (χ1) is 13.2. The summed E-state index contributed by atoms with van der Waals surface area (Å²) in [5.41, 5.74) is 9.09. The van der Waals surface area contributed by atoms with Crippen LogP contribution in [-0.2, 0) is 4.79 Å². The minimum Gasteiger partial charge on any atom is -0.385 e. The first kappa shape index (κ1) is 25.1. The van der Waals surface area contributed by atoms with Crippen LogP contribution in [0.5, 0.6) is 0 Å². The van der Waals surface area contributed by atoms with Gasteiger partial charge in [0.25, 0.3) is 0 Å². The van der Waals surface area contributed by atoms with Crippen molar-refractivity contribution in [2.75, 3.05) is 29.1 Å². The van der Waals surface area contributed by atoms with Crippen molar-refractivity contribution in [1.29, 1.82) is 0 Å². The lowest BCUT2D eigenvalue weighted by Gasteiger charge is -2.23. The van der Waals surface area contributed by atoms with Crippen LogP contribution in [-0.4, -0.2) is 19.0 Å². The van der Waals surface area contributed by atoms with Crippen molar-refractivity contribution in [1.82, 2.24) is 5.43 Å². The Morgan fingerprint density at radius 1 is 0.759 bits per heavy atom. The second-order valence-corrected chi connectivity index (χ2v) is 11.1. The van der Waals surface area contributed by atoms with Crippen molar-refractivity contribution < 1.29 is 4.79 Å². The molecule has 1 amide bonds. The van der Waals surface area contributed by atoms with Crippen molar-refractivity contribution >= 4 is 23.0 Å². The molecule has 0 aliphatic carbocycles. The zero-order valence-corrected chi connectivity index (χ0v) is 20.2. The average Bonchev–Trinajstić information content (AvgIpc) is 2.57. The van der Waals surface area contributed by atoms with Crippen LogP contribution >= 0.6 is 0 Å². The van der Waals surface area contributed by atoms with Crippen LogP contribution in [0, 0.1) is 16.2 Å². The monoisotopic (exact) mass is 404 g/mol. The molecule has 0 unspecified atom stereocenters. The molecule has 0 spiro atoms. The Hall–Kier alpha value is -1.91. The molecule has 0 atom stereocenters. The molecule has 0 aliphatic heterocycles. The summed E-state index contributed by atoms with van der Waals surface area (Å²) in [6, 6.07) is 6.21. The number of carbonyl (C=O) groups is 1. The summed E-state index contributed by atoms with van der Waals surface area (Å²) in [7, 11) is 0. The van der Waals surface area contributed by atoms with Crippen LogP contribution in [0.4, 0.5) is 17.1 Å². The number of hydrogen-bond donors (Lipinski definition) is 4. The van der Waals surface area contributed by atoms with Crippen LogP contribution in [0.1, 0.15) is 81.6 Å². The normalized spacial score (nSPS) is 12.4. The van der Waals surface area contributed by atoms with Crippen molar-refractivity contribution in [3.8, 4) is 0 Å². The van der Waals surface area contributed by atoms with E-state index in [1.807, 2.05) is 32.9 Å². The lowest BCUT2D eigenvalue weighted by atomic mass is 9.90. The van der Waals surface area contributed by atoms with E-state index in [1.54, 1.807) is 0 Å². The summed E-state index contributed by atoms with van der Waals surface area (Å²) in [4.78, 5) is 12.4. The van der Waals surface area contributed by atoms with Gasteiger partial charge in [-0.1, -0.05) is 62.3 Å². The predicted molar refractivity (Wildman–Crippen MR) is 127 cm³/mol. The summed E-state index contributed by atoms with van der Waals surface area (Å²) in [6.07, 6.45) is 2.95. The Labute approximate surface area is 178 Å². The number of amides is 1. The van der Waals surface area contributed by atoms with E-state index in [1.165, 1.54) is 0 Å².